The summed E-state index contributed by atoms with van der Waals surface area (Å²) in [5.41, 5.74) is 0.134. The molecule has 0 aliphatic carbocycles. The van der Waals surface area contributed by atoms with Gasteiger partial charge in [0.05, 0.1) is 6.54 Å². The maximum atomic E-state index is 11.9. The van der Waals surface area contributed by atoms with Crippen LogP contribution in [0.5, 0.6) is 0 Å². The average Bonchev–Trinajstić information content (AvgIpc) is 2.56. The van der Waals surface area contributed by atoms with Gasteiger partial charge in [-0.3, -0.25) is 9.59 Å². The van der Waals surface area contributed by atoms with Gasteiger partial charge in [-0.15, -0.1) is 0 Å². The summed E-state index contributed by atoms with van der Waals surface area (Å²) >= 11 is 0. The lowest BCUT2D eigenvalue weighted by Gasteiger charge is -2.33. The molecule has 5 nitrogen and oxygen atoms in total. The Morgan fingerprint density at radius 1 is 1.41 bits per heavy atom. The monoisotopic (exact) mass is 239 g/mol. The van der Waals surface area contributed by atoms with Gasteiger partial charge in [0.15, 0.2) is 0 Å². The van der Waals surface area contributed by atoms with Gasteiger partial charge in [0.25, 0.3) is 0 Å². The Balaban J connectivity index is 1.97. The molecular formula is C12H21N3O2. The van der Waals surface area contributed by atoms with Crippen LogP contribution < -0.4 is 5.32 Å². The van der Waals surface area contributed by atoms with Crippen LogP contribution >= 0.6 is 0 Å². The molecule has 17 heavy (non-hydrogen) atoms. The van der Waals surface area contributed by atoms with Crippen LogP contribution in [0.2, 0.25) is 0 Å². The van der Waals surface area contributed by atoms with Crippen LogP contribution in [0.1, 0.15) is 19.3 Å². The molecule has 5 heteroatoms. The Bertz CT molecular complexity index is 322. The molecular weight excluding hydrogens is 218 g/mol. The minimum atomic E-state index is 0.00401. The molecule has 1 N–H and O–H groups in total. The van der Waals surface area contributed by atoms with E-state index in [-0.39, 0.29) is 23.8 Å². The van der Waals surface area contributed by atoms with Crippen LogP contribution in [0, 0.1) is 5.41 Å². The third kappa shape index (κ3) is 2.60. The molecule has 0 bridgehead atoms. The van der Waals surface area contributed by atoms with Gasteiger partial charge in [0.1, 0.15) is 0 Å². The van der Waals surface area contributed by atoms with Gasteiger partial charge in [-0.25, -0.2) is 0 Å². The minimum Gasteiger partial charge on any atom is -0.347 e. The number of piperidine rings is 1. The molecule has 0 aromatic heterocycles. The van der Waals surface area contributed by atoms with E-state index in [1.807, 2.05) is 0 Å². The first-order chi connectivity index (χ1) is 8.02. The summed E-state index contributed by atoms with van der Waals surface area (Å²) in [6.07, 6.45) is 2.71. The van der Waals surface area contributed by atoms with Crippen molar-refractivity contribution in [2.24, 2.45) is 5.41 Å². The Labute approximate surface area is 102 Å². The van der Waals surface area contributed by atoms with Gasteiger partial charge < -0.3 is 15.1 Å². The van der Waals surface area contributed by atoms with Crippen molar-refractivity contribution in [2.45, 2.75) is 19.3 Å². The summed E-state index contributed by atoms with van der Waals surface area (Å²) < 4.78 is 0. The Morgan fingerprint density at radius 3 is 2.65 bits per heavy atom. The highest BCUT2D eigenvalue weighted by Crippen LogP contribution is 2.39. The maximum absolute atomic E-state index is 11.9. The second kappa shape index (κ2) is 4.64. The van der Waals surface area contributed by atoms with Crippen LogP contribution in [0.4, 0.5) is 0 Å². The fourth-order valence-corrected chi connectivity index (χ4v) is 2.72. The standard InChI is InChI=1S/C12H21N3O2/c1-14(2)11(17)8-15-9-12(7-10(15)16)3-5-13-6-4-12/h13H,3-9H2,1-2H3. The molecule has 2 rings (SSSR count). The highest BCUT2D eigenvalue weighted by atomic mass is 16.2. The summed E-state index contributed by atoms with van der Waals surface area (Å²) in [7, 11) is 3.45. The number of amides is 2. The van der Waals surface area contributed by atoms with Crippen LogP contribution in [-0.2, 0) is 9.59 Å². The van der Waals surface area contributed by atoms with Gasteiger partial charge in [0.2, 0.25) is 11.8 Å². The minimum absolute atomic E-state index is 0.00401. The lowest BCUT2D eigenvalue weighted by molar-refractivity contribution is -0.136. The van der Waals surface area contributed by atoms with E-state index >= 15 is 0 Å². The molecule has 2 aliphatic heterocycles. The SMILES string of the molecule is CN(C)C(=O)CN1CC2(CCNCC2)CC1=O. The van der Waals surface area contributed by atoms with Crippen molar-refractivity contribution < 1.29 is 9.59 Å². The van der Waals surface area contributed by atoms with E-state index in [4.69, 9.17) is 0 Å². The largest absolute Gasteiger partial charge is 0.347 e. The van der Waals surface area contributed by atoms with E-state index in [0.29, 0.717) is 6.42 Å². The number of nitrogens with one attached hydrogen (secondary N) is 1. The van der Waals surface area contributed by atoms with Crippen molar-refractivity contribution in [3.8, 4) is 0 Å². The Hall–Kier alpha value is -1.10. The smallest absolute Gasteiger partial charge is 0.241 e. The number of hydrogen-bond donors (Lipinski definition) is 1. The molecule has 0 atom stereocenters. The van der Waals surface area contributed by atoms with Crippen LogP contribution in [0.3, 0.4) is 0 Å². The third-order valence-electron chi connectivity index (χ3n) is 3.89. The van der Waals surface area contributed by atoms with Crippen molar-refractivity contribution in [1.29, 1.82) is 0 Å². The summed E-state index contributed by atoms with van der Waals surface area (Å²) in [4.78, 5) is 26.8. The zero-order valence-corrected chi connectivity index (χ0v) is 10.7. The molecule has 0 aromatic carbocycles. The quantitative estimate of drug-likeness (QED) is 0.718. The topological polar surface area (TPSA) is 52.7 Å². The van der Waals surface area contributed by atoms with Gasteiger partial charge >= 0.3 is 0 Å². The number of rotatable bonds is 2. The first kappa shape index (κ1) is 12.4. The van der Waals surface area contributed by atoms with E-state index in [2.05, 4.69) is 5.32 Å². The van der Waals surface area contributed by atoms with Gasteiger partial charge in [0, 0.05) is 27.1 Å². The third-order valence-corrected chi connectivity index (χ3v) is 3.89. The van der Waals surface area contributed by atoms with Crippen molar-refractivity contribution in [3.05, 3.63) is 0 Å². The number of hydrogen-bond acceptors (Lipinski definition) is 3. The summed E-state index contributed by atoms with van der Waals surface area (Å²) in [6.45, 7) is 2.97. The number of likely N-dealkylation sites (tertiary alicyclic amines) is 1. The first-order valence-corrected chi connectivity index (χ1v) is 6.21. The fourth-order valence-electron chi connectivity index (χ4n) is 2.72. The predicted octanol–water partition coefficient (Wildman–Crippen LogP) is -0.323. The number of carbonyl (C=O) groups excluding carboxylic acids is 2. The van der Waals surface area contributed by atoms with E-state index < -0.39 is 0 Å². The molecule has 0 saturated carbocycles. The highest BCUT2D eigenvalue weighted by Gasteiger charge is 2.43. The van der Waals surface area contributed by atoms with Crippen molar-refractivity contribution >= 4 is 11.8 Å². The normalized spacial score (nSPS) is 23.2. The number of likely N-dealkylation sites (N-methyl/N-ethyl adjacent to an activating group) is 1. The van der Waals surface area contributed by atoms with Crippen molar-refractivity contribution in [2.75, 3.05) is 40.3 Å². The van der Waals surface area contributed by atoms with Crippen LogP contribution in [0.15, 0.2) is 0 Å². The molecule has 0 unspecified atom stereocenters. The number of nitrogens with zero attached hydrogens (tertiary/aromatic N) is 2. The summed E-state index contributed by atoms with van der Waals surface area (Å²) in [5, 5.41) is 3.32. The zero-order valence-electron chi connectivity index (χ0n) is 10.7. The van der Waals surface area contributed by atoms with E-state index in [1.54, 1.807) is 23.9 Å². The van der Waals surface area contributed by atoms with E-state index in [1.165, 1.54) is 0 Å². The molecule has 0 aromatic rings. The molecule has 0 radical (unpaired) electrons. The Kier molecular flexibility index (Phi) is 3.38. The van der Waals surface area contributed by atoms with E-state index in [9.17, 15) is 9.59 Å². The van der Waals surface area contributed by atoms with Gasteiger partial charge in [-0.2, -0.15) is 0 Å². The van der Waals surface area contributed by atoms with Gasteiger partial charge in [-0.1, -0.05) is 0 Å². The molecule has 2 saturated heterocycles. The molecule has 2 aliphatic rings. The van der Waals surface area contributed by atoms with Crippen LogP contribution in [0.25, 0.3) is 0 Å². The second-order valence-electron chi connectivity index (χ2n) is 5.46. The molecule has 2 heterocycles. The maximum Gasteiger partial charge on any atom is 0.241 e. The summed E-state index contributed by atoms with van der Waals surface area (Å²) in [5.74, 6) is 0.145. The summed E-state index contributed by atoms with van der Waals surface area (Å²) in [6, 6.07) is 0. The molecule has 1 spiro atoms. The predicted molar refractivity (Wildman–Crippen MR) is 64.4 cm³/mol. The molecule has 2 fully saturated rings. The first-order valence-electron chi connectivity index (χ1n) is 6.21. The highest BCUT2D eigenvalue weighted by molar-refractivity contribution is 5.86. The van der Waals surface area contributed by atoms with E-state index in [0.717, 1.165) is 32.5 Å². The van der Waals surface area contributed by atoms with Gasteiger partial charge in [-0.05, 0) is 31.3 Å². The fraction of sp³-hybridized carbons (Fsp3) is 0.833. The molecule has 96 valence electrons. The average molecular weight is 239 g/mol. The van der Waals surface area contributed by atoms with Crippen LogP contribution in [-0.4, -0.2) is 61.9 Å². The van der Waals surface area contributed by atoms with Crippen molar-refractivity contribution in [3.63, 3.8) is 0 Å². The molecule has 2 amide bonds. The lowest BCUT2D eigenvalue weighted by atomic mass is 9.78. The lowest BCUT2D eigenvalue weighted by Crippen LogP contribution is -2.41. The van der Waals surface area contributed by atoms with Crippen molar-refractivity contribution in [1.82, 2.24) is 15.1 Å². The zero-order chi connectivity index (χ0) is 12.5. The Morgan fingerprint density at radius 2 is 2.06 bits per heavy atom. The number of carbonyl (C=O) groups is 2. The second-order valence-corrected chi connectivity index (χ2v) is 5.46.